The largest absolute Gasteiger partial charge is 0.456 e. The van der Waals surface area contributed by atoms with E-state index < -0.39 is 0 Å². The lowest BCUT2D eigenvalue weighted by molar-refractivity contribution is 0.668. The fraction of sp³-hybridized carbons (Fsp3) is 0.0545. The quantitative estimate of drug-likeness (QED) is 0.179. The van der Waals surface area contributed by atoms with Gasteiger partial charge in [0.25, 0.3) is 0 Å². The van der Waals surface area contributed by atoms with Gasteiger partial charge in [-0.3, -0.25) is 0 Å². The van der Waals surface area contributed by atoms with Crippen LogP contribution in [-0.4, -0.2) is 9.13 Å². The third kappa shape index (κ3) is 4.77. The Morgan fingerprint density at radius 1 is 0.407 bits per heavy atom. The SMILES string of the molecule is CC1CC=Cc2c1n(-c1ccc3oc4ccc(-c5cccc(-c6ccc7oc8ccc(-n9c%10ccccc%10c%10ccccc%109)cc8c7c6)c5)cc4c3c1)c1ccccc21. The molecule has 4 heteroatoms. The summed E-state index contributed by atoms with van der Waals surface area (Å²) in [4.78, 5) is 0. The number of allylic oxidation sites excluding steroid dienone is 1. The van der Waals surface area contributed by atoms with Gasteiger partial charge in [-0.05, 0) is 114 Å². The summed E-state index contributed by atoms with van der Waals surface area (Å²) < 4.78 is 17.7. The molecule has 0 saturated heterocycles. The van der Waals surface area contributed by atoms with Crippen LogP contribution in [0.15, 0.2) is 185 Å². The van der Waals surface area contributed by atoms with E-state index in [0.717, 1.165) is 83.9 Å². The molecule has 0 N–H and O–H groups in total. The summed E-state index contributed by atoms with van der Waals surface area (Å²) >= 11 is 0. The lowest BCUT2D eigenvalue weighted by Crippen LogP contribution is -2.06. The molecule has 0 saturated carbocycles. The first-order valence-corrected chi connectivity index (χ1v) is 20.5. The Bertz CT molecular complexity index is 3680. The fourth-order valence-electron chi connectivity index (χ4n) is 9.97. The van der Waals surface area contributed by atoms with Gasteiger partial charge in [0.1, 0.15) is 22.3 Å². The second kappa shape index (κ2) is 12.2. The van der Waals surface area contributed by atoms with Gasteiger partial charge in [-0.15, -0.1) is 0 Å². The molecule has 12 aromatic rings. The van der Waals surface area contributed by atoms with Crippen molar-refractivity contribution in [3.63, 3.8) is 0 Å². The molecule has 13 rings (SSSR count). The van der Waals surface area contributed by atoms with Crippen LogP contribution >= 0.6 is 0 Å². The maximum Gasteiger partial charge on any atom is 0.135 e. The number of fused-ring (bicyclic) bond motifs is 12. The first-order valence-electron chi connectivity index (χ1n) is 20.5. The number of hydrogen-bond acceptors (Lipinski definition) is 2. The second-order valence-corrected chi connectivity index (χ2v) is 16.1. The number of furan rings is 2. The zero-order valence-electron chi connectivity index (χ0n) is 32.3. The number of benzene rings is 8. The van der Waals surface area contributed by atoms with Crippen LogP contribution in [0.1, 0.15) is 30.5 Å². The summed E-state index contributed by atoms with van der Waals surface area (Å²) in [5.41, 5.74) is 16.8. The highest BCUT2D eigenvalue weighted by atomic mass is 16.3. The Balaban J connectivity index is 0.905. The van der Waals surface area contributed by atoms with E-state index >= 15 is 0 Å². The van der Waals surface area contributed by atoms with E-state index in [-0.39, 0.29) is 0 Å². The molecule has 1 atom stereocenters. The topological polar surface area (TPSA) is 36.1 Å². The van der Waals surface area contributed by atoms with Gasteiger partial charge in [0, 0.05) is 66.3 Å². The van der Waals surface area contributed by atoms with Crippen LogP contribution in [0.4, 0.5) is 0 Å². The number of rotatable bonds is 4. The van der Waals surface area contributed by atoms with Crippen molar-refractivity contribution in [2.24, 2.45) is 0 Å². The molecule has 0 fully saturated rings. The predicted molar refractivity (Wildman–Crippen MR) is 245 cm³/mol. The van der Waals surface area contributed by atoms with E-state index in [2.05, 4.69) is 198 Å². The molecule has 1 aliphatic rings. The van der Waals surface area contributed by atoms with Crippen molar-refractivity contribution >= 4 is 82.7 Å². The third-order valence-electron chi connectivity index (χ3n) is 12.7. The fourth-order valence-corrected chi connectivity index (χ4v) is 9.97. The van der Waals surface area contributed by atoms with Crippen LogP contribution in [0.3, 0.4) is 0 Å². The van der Waals surface area contributed by atoms with Crippen LogP contribution in [0.5, 0.6) is 0 Å². The molecule has 0 amide bonds. The zero-order valence-corrected chi connectivity index (χ0v) is 32.3. The van der Waals surface area contributed by atoms with Crippen molar-refractivity contribution in [1.82, 2.24) is 9.13 Å². The molecule has 59 heavy (non-hydrogen) atoms. The smallest absolute Gasteiger partial charge is 0.135 e. The number of aromatic nitrogens is 2. The summed E-state index contributed by atoms with van der Waals surface area (Å²) in [6.07, 6.45) is 5.66. The van der Waals surface area contributed by atoms with Crippen molar-refractivity contribution in [2.75, 3.05) is 0 Å². The van der Waals surface area contributed by atoms with Crippen LogP contribution in [-0.2, 0) is 0 Å². The molecule has 1 unspecified atom stereocenters. The van der Waals surface area contributed by atoms with Gasteiger partial charge in [-0.1, -0.05) is 104 Å². The number of hydrogen-bond donors (Lipinski definition) is 0. The van der Waals surface area contributed by atoms with E-state index in [1.807, 2.05) is 0 Å². The Kier molecular flexibility index (Phi) is 6.74. The normalized spacial score (nSPS) is 14.2. The Hall–Kier alpha value is -7.56. The highest BCUT2D eigenvalue weighted by Gasteiger charge is 2.24. The summed E-state index contributed by atoms with van der Waals surface area (Å²) in [5, 5.41) is 8.26. The molecule has 0 bridgehead atoms. The van der Waals surface area contributed by atoms with Gasteiger partial charge in [0.15, 0.2) is 0 Å². The average Bonchev–Trinajstić information content (AvgIpc) is 4.04. The van der Waals surface area contributed by atoms with Gasteiger partial charge in [0.05, 0.1) is 16.6 Å². The van der Waals surface area contributed by atoms with E-state index in [1.165, 1.54) is 44.0 Å². The van der Waals surface area contributed by atoms with Gasteiger partial charge in [-0.25, -0.2) is 0 Å². The Morgan fingerprint density at radius 3 is 1.44 bits per heavy atom. The third-order valence-corrected chi connectivity index (χ3v) is 12.7. The van der Waals surface area contributed by atoms with Gasteiger partial charge < -0.3 is 18.0 Å². The molecule has 8 aromatic carbocycles. The summed E-state index contributed by atoms with van der Waals surface area (Å²) in [7, 11) is 0. The predicted octanol–water partition coefficient (Wildman–Crippen LogP) is 15.4. The Labute approximate surface area is 339 Å². The first-order chi connectivity index (χ1) is 29.1. The van der Waals surface area contributed by atoms with Crippen molar-refractivity contribution in [3.05, 3.63) is 187 Å². The molecular weight excluding hydrogens is 721 g/mol. The minimum atomic E-state index is 0.426. The van der Waals surface area contributed by atoms with Crippen LogP contribution < -0.4 is 0 Å². The van der Waals surface area contributed by atoms with Crippen molar-refractivity contribution in [3.8, 4) is 33.6 Å². The zero-order chi connectivity index (χ0) is 38.8. The van der Waals surface area contributed by atoms with Crippen molar-refractivity contribution in [2.45, 2.75) is 19.3 Å². The van der Waals surface area contributed by atoms with Crippen LogP contribution in [0.25, 0.3) is 116 Å². The second-order valence-electron chi connectivity index (χ2n) is 16.1. The van der Waals surface area contributed by atoms with E-state index in [9.17, 15) is 0 Å². The van der Waals surface area contributed by atoms with Crippen LogP contribution in [0, 0.1) is 0 Å². The molecule has 1 aliphatic carbocycles. The van der Waals surface area contributed by atoms with Gasteiger partial charge in [0.2, 0.25) is 0 Å². The lowest BCUT2D eigenvalue weighted by Gasteiger charge is -2.19. The summed E-state index contributed by atoms with van der Waals surface area (Å²) in [5.74, 6) is 0.426. The minimum Gasteiger partial charge on any atom is -0.456 e. The highest BCUT2D eigenvalue weighted by molar-refractivity contribution is 6.11. The maximum absolute atomic E-state index is 6.44. The molecule has 4 heterocycles. The molecule has 0 spiro atoms. The minimum absolute atomic E-state index is 0.426. The first kappa shape index (κ1) is 32.5. The van der Waals surface area contributed by atoms with E-state index in [4.69, 9.17) is 8.83 Å². The lowest BCUT2D eigenvalue weighted by atomic mass is 9.93. The summed E-state index contributed by atoms with van der Waals surface area (Å²) in [6.45, 7) is 2.34. The van der Waals surface area contributed by atoms with Crippen molar-refractivity contribution < 1.29 is 8.83 Å². The molecule has 278 valence electrons. The molecule has 0 radical (unpaired) electrons. The number of nitrogens with zero attached hydrogens (tertiary/aromatic N) is 2. The monoisotopic (exact) mass is 756 g/mol. The van der Waals surface area contributed by atoms with E-state index in [0.29, 0.717) is 5.92 Å². The molecule has 4 aromatic heterocycles. The van der Waals surface area contributed by atoms with Crippen molar-refractivity contribution in [1.29, 1.82) is 0 Å². The van der Waals surface area contributed by atoms with E-state index in [1.54, 1.807) is 0 Å². The Morgan fingerprint density at radius 2 is 0.864 bits per heavy atom. The molecule has 4 nitrogen and oxygen atoms in total. The maximum atomic E-state index is 6.44. The standard InChI is InChI=1S/C55H36N2O2/c1-33-10-8-16-43-42-15-4-7-19-50(42)57(55(33)43)39-23-27-54-47(32-39)45-30-37(21-25-52(45)59-54)35-12-9-11-34(28-35)36-20-24-51-44(29-36)46-31-38(22-26-53(46)58-51)56-48-17-5-2-13-40(48)41-14-3-6-18-49(41)56/h2-9,11-33H,10H2,1H3. The van der Waals surface area contributed by atoms with Gasteiger partial charge in [-0.2, -0.15) is 0 Å². The number of para-hydroxylation sites is 3. The summed E-state index contributed by atoms with van der Waals surface area (Å²) in [6, 6.07) is 61.3. The van der Waals surface area contributed by atoms with Crippen LogP contribution in [0.2, 0.25) is 0 Å². The molecular formula is C55H36N2O2. The molecule has 0 aliphatic heterocycles. The van der Waals surface area contributed by atoms with Gasteiger partial charge >= 0.3 is 0 Å². The average molecular weight is 757 g/mol. The highest BCUT2D eigenvalue weighted by Crippen LogP contribution is 2.42.